The second-order valence-electron chi connectivity index (χ2n) is 21.1. The average Bonchev–Trinajstić information content (AvgIpc) is 3.37. The predicted octanol–water partition coefficient (Wildman–Crippen LogP) is 5.69. The second kappa shape index (κ2) is 29.2. The molecule has 4 rings (SSSR count). The minimum Gasteiger partial charge on any atom is -0.460 e. The van der Waals surface area contributed by atoms with Gasteiger partial charge in [0, 0.05) is 58.5 Å². The number of hydrogen-bond donors (Lipinski definition) is 4. The highest BCUT2D eigenvalue weighted by molar-refractivity contribution is 6.39. The van der Waals surface area contributed by atoms with Crippen molar-refractivity contribution in [2.75, 3.05) is 41.1 Å². The van der Waals surface area contributed by atoms with Crippen molar-refractivity contribution in [3.8, 4) is 0 Å². The number of cyclic esters (lactones) is 1. The number of rotatable bonds is 10. The number of ketones is 3. The summed E-state index contributed by atoms with van der Waals surface area (Å²) in [6.45, 7) is 11.1. The van der Waals surface area contributed by atoms with Crippen LogP contribution in [0.15, 0.2) is 47.6 Å². The fourth-order valence-electron chi connectivity index (χ4n) is 10.6. The molecule has 4 N–H and O–H groups in total. The molecule has 0 spiro atoms. The van der Waals surface area contributed by atoms with Gasteiger partial charge in [0.05, 0.1) is 31.0 Å². The number of nitrogens with zero attached hydrogens (tertiary/aromatic N) is 1. The third kappa shape index (κ3) is 17.2. The number of aliphatic hydroxyl groups is 4. The molecule has 1 saturated carbocycles. The largest absolute Gasteiger partial charge is 0.509 e. The van der Waals surface area contributed by atoms with E-state index in [1.54, 1.807) is 48.0 Å². The molecular weight excluding hydrogens is 947 g/mol. The Labute approximate surface area is 431 Å². The van der Waals surface area contributed by atoms with Crippen molar-refractivity contribution < 1.29 is 82.4 Å². The van der Waals surface area contributed by atoms with Crippen LogP contribution >= 0.6 is 0 Å². The van der Waals surface area contributed by atoms with Gasteiger partial charge in [0.2, 0.25) is 5.79 Å². The van der Waals surface area contributed by atoms with E-state index in [1.807, 2.05) is 51.2 Å². The van der Waals surface area contributed by atoms with E-state index in [9.17, 15) is 49.2 Å². The molecule has 3 unspecified atom stereocenters. The number of aliphatic hydroxyl groups excluding tert-OH is 3. The minimum atomic E-state index is -2.47. The molecule has 73 heavy (non-hydrogen) atoms. The molecule has 412 valence electrons. The summed E-state index contributed by atoms with van der Waals surface area (Å²) < 4.78 is 40.4. The van der Waals surface area contributed by atoms with Crippen LogP contribution in [-0.2, 0) is 57.1 Å². The molecule has 2 bridgehead atoms. The van der Waals surface area contributed by atoms with Crippen LogP contribution in [0.5, 0.6) is 0 Å². The van der Waals surface area contributed by atoms with Crippen molar-refractivity contribution in [2.45, 2.75) is 186 Å². The highest BCUT2D eigenvalue weighted by Gasteiger charge is 2.53. The maximum Gasteiger partial charge on any atom is 0.509 e. The van der Waals surface area contributed by atoms with Crippen molar-refractivity contribution in [1.29, 1.82) is 0 Å². The van der Waals surface area contributed by atoms with E-state index in [0.717, 1.165) is 10.5 Å². The Morgan fingerprint density at radius 3 is 2.27 bits per heavy atom. The molecule has 3 aliphatic heterocycles. The quantitative estimate of drug-likeness (QED) is 0.116. The van der Waals surface area contributed by atoms with Gasteiger partial charge < -0.3 is 58.5 Å². The summed E-state index contributed by atoms with van der Waals surface area (Å²) in [5, 5.41) is 41.7. The van der Waals surface area contributed by atoms with Crippen LogP contribution in [0.3, 0.4) is 0 Å². The molecule has 18 heteroatoms. The van der Waals surface area contributed by atoms with Gasteiger partial charge in [-0.1, -0.05) is 71.1 Å². The van der Waals surface area contributed by atoms with E-state index in [0.29, 0.717) is 57.8 Å². The van der Waals surface area contributed by atoms with Gasteiger partial charge >= 0.3 is 12.1 Å². The van der Waals surface area contributed by atoms with Crippen molar-refractivity contribution in [3.63, 3.8) is 0 Å². The first-order valence-corrected chi connectivity index (χ1v) is 26.2. The standard InChI is InChI=1S/C55H85NO17/c1-32-16-12-11-13-17-33(2)45(67-8)28-41-21-19-38(7)55(66,73-41)51(62)52(63)56-23-15-14-18-42(56)53(64)71-46(35(4)26-39-20-22-43(59)47(27-39)68-9)29-44(60)34(3)25-37(6)49(50(69-10)48(61)36(5)24-32)72-54(65)70-31-40(58)30-57/h11-13,16-17,25,32,34-36,38-43,45-47,49-50,57-59,66H,14-15,18-24,26-31H2,1-10H3/b13-11?,16-12+,33-17?,37-25+/t32-,34-,35-,36-,38-,39+,40?,41?,42?,43-,45+,46+,47-,49-,50+,55-/m1/s1. The number of fused-ring (bicyclic) bond motifs is 3. The zero-order valence-electron chi connectivity index (χ0n) is 44.8. The van der Waals surface area contributed by atoms with Gasteiger partial charge in [-0.3, -0.25) is 19.2 Å². The summed E-state index contributed by atoms with van der Waals surface area (Å²) >= 11 is 0. The van der Waals surface area contributed by atoms with Gasteiger partial charge in [0.15, 0.2) is 18.0 Å². The van der Waals surface area contributed by atoms with E-state index in [1.165, 1.54) is 7.11 Å². The maximum absolute atomic E-state index is 14.5. The lowest BCUT2D eigenvalue weighted by atomic mass is 9.78. The van der Waals surface area contributed by atoms with Crippen LogP contribution in [0.25, 0.3) is 0 Å². The highest BCUT2D eigenvalue weighted by Crippen LogP contribution is 2.38. The zero-order chi connectivity index (χ0) is 54.2. The van der Waals surface area contributed by atoms with E-state index in [4.69, 9.17) is 33.2 Å². The Morgan fingerprint density at radius 2 is 1.60 bits per heavy atom. The van der Waals surface area contributed by atoms with E-state index in [-0.39, 0.29) is 54.8 Å². The smallest absolute Gasteiger partial charge is 0.460 e. The molecule has 4 aliphatic rings. The molecule has 0 aromatic heterocycles. The number of ether oxygens (including phenoxy) is 7. The summed E-state index contributed by atoms with van der Waals surface area (Å²) in [5.41, 5.74) is 1.11. The fraction of sp³-hybridized carbons (Fsp3) is 0.745. The number of amides is 1. The van der Waals surface area contributed by atoms with Crippen LogP contribution in [-0.4, -0.2) is 162 Å². The van der Waals surface area contributed by atoms with Crippen LogP contribution in [0, 0.1) is 35.5 Å². The summed E-state index contributed by atoms with van der Waals surface area (Å²) in [6, 6.07) is -1.20. The van der Waals surface area contributed by atoms with Gasteiger partial charge in [-0.25, -0.2) is 9.59 Å². The van der Waals surface area contributed by atoms with Crippen LogP contribution < -0.4 is 0 Å². The van der Waals surface area contributed by atoms with E-state index >= 15 is 0 Å². The Balaban J connectivity index is 1.77. The molecule has 18 nitrogen and oxygen atoms in total. The molecule has 0 aromatic rings. The second-order valence-corrected chi connectivity index (χ2v) is 21.1. The summed E-state index contributed by atoms with van der Waals surface area (Å²) in [6.07, 6.45) is 7.05. The van der Waals surface area contributed by atoms with Crippen molar-refractivity contribution >= 4 is 35.4 Å². The Morgan fingerprint density at radius 1 is 0.877 bits per heavy atom. The lowest BCUT2D eigenvalue weighted by molar-refractivity contribution is -0.265. The van der Waals surface area contributed by atoms with Crippen LogP contribution in [0.4, 0.5) is 4.79 Å². The third-order valence-electron chi connectivity index (χ3n) is 15.3. The van der Waals surface area contributed by atoms with Crippen LogP contribution in [0.2, 0.25) is 0 Å². The molecule has 3 fully saturated rings. The molecule has 0 radical (unpaired) electrons. The highest BCUT2D eigenvalue weighted by atomic mass is 16.7. The first-order valence-electron chi connectivity index (χ1n) is 26.2. The van der Waals surface area contributed by atoms with Gasteiger partial charge in [-0.15, -0.1) is 0 Å². The number of esters is 1. The van der Waals surface area contributed by atoms with E-state index < -0.39 is 121 Å². The Kier molecular flexibility index (Phi) is 24.6. The van der Waals surface area contributed by atoms with Crippen molar-refractivity contribution in [1.82, 2.24) is 4.90 Å². The molecule has 1 amide bonds. The molecule has 3 heterocycles. The molecular formula is C55H85NO17. The topological polar surface area (TPSA) is 251 Å². The number of hydrogen-bond acceptors (Lipinski definition) is 17. The summed E-state index contributed by atoms with van der Waals surface area (Å²) in [5.74, 6) is -8.98. The molecule has 2 saturated heterocycles. The average molecular weight is 1030 g/mol. The van der Waals surface area contributed by atoms with E-state index in [2.05, 4.69) is 0 Å². The number of piperidine rings is 1. The lowest BCUT2D eigenvalue weighted by Gasteiger charge is -2.42. The Bertz CT molecular complexity index is 1980. The first kappa shape index (κ1) is 61.4. The number of carbonyl (C=O) groups is 6. The number of allylic oxidation sites excluding steroid dienone is 6. The number of carbonyl (C=O) groups excluding carboxylic acids is 6. The monoisotopic (exact) mass is 1030 g/mol. The Hall–Kier alpha value is -4.14. The SMILES string of the molecule is CO[C@H]1CC2CC[C@@H](C)[C@@](O)(O2)C(=O)C(=O)N2CCCCC2C(=O)O[C@H]([C@H](C)C[C@@H]2CC[C@@H](O)[C@H](OC)C2)CC(=O)[C@H](C)/C=C(\C)[C@@H](OC(=O)OCC(O)CO)[C@@H](OC)C(=O)[C@H](C)C[C@H](C)/C=C/C=CC=C1C. The van der Waals surface area contributed by atoms with Gasteiger partial charge in [0.1, 0.15) is 30.6 Å². The molecule has 1 aliphatic carbocycles. The normalized spacial score (nSPS) is 36.4. The molecule has 16 atom stereocenters. The zero-order valence-corrected chi connectivity index (χ0v) is 44.8. The predicted molar refractivity (Wildman–Crippen MR) is 268 cm³/mol. The van der Waals surface area contributed by atoms with Gasteiger partial charge in [0.25, 0.3) is 11.7 Å². The van der Waals surface area contributed by atoms with Gasteiger partial charge in [-0.05, 0) is 107 Å². The minimum absolute atomic E-state index is 0.0429. The number of Topliss-reactive ketones (excluding diaryl/α,β-unsaturated/α-hetero) is 3. The number of methoxy groups -OCH3 is 3. The maximum atomic E-state index is 14.5. The lowest BCUT2D eigenvalue weighted by Crippen LogP contribution is -2.61. The van der Waals surface area contributed by atoms with Gasteiger partial charge in [-0.2, -0.15) is 0 Å². The first-order chi connectivity index (χ1) is 34.6. The van der Waals surface area contributed by atoms with Crippen molar-refractivity contribution in [2.24, 2.45) is 35.5 Å². The molecule has 0 aromatic carbocycles. The summed E-state index contributed by atoms with van der Waals surface area (Å²) in [7, 11) is 4.40. The van der Waals surface area contributed by atoms with Crippen molar-refractivity contribution in [3.05, 3.63) is 47.6 Å². The van der Waals surface area contributed by atoms with Crippen LogP contribution in [0.1, 0.15) is 126 Å². The fourth-order valence-corrected chi connectivity index (χ4v) is 10.6. The summed E-state index contributed by atoms with van der Waals surface area (Å²) in [4.78, 5) is 86.1. The third-order valence-corrected chi connectivity index (χ3v) is 15.3.